The van der Waals surface area contributed by atoms with Crippen LogP contribution in [0.5, 0.6) is 0 Å². The van der Waals surface area contributed by atoms with Gasteiger partial charge in [-0.15, -0.1) is 0 Å². The van der Waals surface area contributed by atoms with Crippen LogP contribution in [0.3, 0.4) is 0 Å². The Labute approximate surface area is 156 Å². The van der Waals surface area contributed by atoms with Crippen molar-refractivity contribution < 1.29 is 14.9 Å². The van der Waals surface area contributed by atoms with Crippen LogP contribution in [0.15, 0.2) is 12.2 Å². The van der Waals surface area contributed by atoms with E-state index in [4.69, 9.17) is 4.74 Å². The molecule has 7 bridgehead atoms. The monoisotopic (exact) mass is 359 g/mol. The smallest absolute Gasteiger partial charge is 0.117 e. The SMILES string of the molecule is C=C1[C@@H]2CC[C@@]3([C@@H](C2)[C@@]24CCC[C@@]5(C)CN(CCO)[C@@H]2O[C@@H]3C[C@H]54)[C@@H]1O. The first-order valence-electron chi connectivity index (χ1n) is 10.8. The zero-order valence-electron chi connectivity index (χ0n) is 16.0. The van der Waals surface area contributed by atoms with Crippen LogP contribution in [0.2, 0.25) is 0 Å². The first-order valence-corrected chi connectivity index (χ1v) is 10.8. The largest absolute Gasteiger partial charge is 0.395 e. The number of hydrogen-bond acceptors (Lipinski definition) is 4. The molecule has 3 heterocycles. The van der Waals surface area contributed by atoms with E-state index in [0.29, 0.717) is 17.3 Å². The number of hydrogen-bond donors (Lipinski definition) is 2. The summed E-state index contributed by atoms with van der Waals surface area (Å²) in [6, 6.07) is 0. The maximum atomic E-state index is 11.3. The predicted octanol–water partition coefficient (Wildman–Crippen LogP) is 2.55. The van der Waals surface area contributed by atoms with E-state index >= 15 is 0 Å². The maximum Gasteiger partial charge on any atom is 0.117 e. The standard InChI is InChI=1S/C22H33NO3/c1-13-14-4-7-22(18(13)25)16(10-14)21-6-3-5-20(2)12-23(8-9-24)19(21)26-17(22)11-15(20)21/h14-19,24-25H,1,3-12H2,2H3/t14-,15-,16+,17-,18-,19-,20+,21+,22+/m1/s1. The Morgan fingerprint density at radius 1 is 1.19 bits per heavy atom. The van der Waals surface area contributed by atoms with Crippen molar-refractivity contribution >= 4 is 0 Å². The van der Waals surface area contributed by atoms with Gasteiger partial charge in [-0.3, -0.25) is 4.90 Å². The molecular formula is C22H33NO3. The molecule has 2 N–H and O–H groups in total. The Kier molecular flexibility index (Phi) is 3.14. The van der Waals surface area contributed by atoms with Crippen molar-refractivity contribution in [1.29, 1.82) is 0 Å². The highest BCUT2D eigenvalue weighted by Crippen LogP contribution is 2.78. The van der Waals surface area contributed by atoms with Gasteiger partial charge in [0.25, 0.3) is 0 Å². The van der Waals surface area contributed by atoms with Gasteiger partial charge in [-0.05, 0) is 67.3 Å². The number of aliphatic hydroxyl groups is 2. The predicted molar refractivity (Wildman–Crippen MR) is 98.2 cm³/mol. The third kappa shape index (κ3) is 1.57. The van der Waals surface area contributed by atoms with Gasteiger partial charge in [-0.25, -0.2) is 0 Å². The summed E-state index contributed by atoms with van der Waals surface area (Å²) in [6.45, 7) is 8.80. The Morgan fingerprint density at radius 3 is 2.85 bits per heavy atom. The van der Waals surface area contributed by atoms with Crippen molar-refractivity contribution in [2.45, 2.75) is 70.3 Å². The molecule has 5 aliphatic carbocycles. The Hall–Kier alpha value is -0.420. The second kappa shape index (κ2) is 4.94. The van der Waals surface area contributed by atoms with E-state index in [1.165, 1.54) is 32.1 Å². The number of nitrogens with zero attached hydrogens (tertiary/aromatic N) is 1. The van der Waals surface area contributed by atoms with Crippen molar-refractivity contribution in [2.75, 3.05) is 19.7 Å². The molecule has 0 aromatic rings. The third-order valence-electron chi connectivity index (χ3n) is 10.1. The summed E-state index contributed by atoms with van der Waals surface area (Å²) in [5.74, 6) is 1.79. The topological polar surface area (TPSA) is 52.9 Å². The molecule has 9 atom stereocenters. The minimum Gasteiger partial charge on any atom is -0.395 e. The molecule has 2 spiro atoms. The molecule has 8 fully saturated rings. The molecule has 4 nitrogen and oxygen atoms in total. The molecule has 3 saturated heterocycles. The van der Waals surface area contributed by atoms with Crippen LogP contribution in [0.4, 0.5) is 0 Å². The van der Waals surface area contributed by atoms with Gasteiger partial charge in [0, 0.05) is 23.9 Å². The number of aliphatic hydroxyl groups excluding tert-OH is 2. The second-order valence-corrected chi connectivity index (χ2v) is 10.7. The number of piperidine rings is 1. The number of β-amino-alcohol motifs (C(OH)–C–C–N with tert-alkyl or cyclic N) is 1. The highest BCUT2D eigenvalue weighted by atomic mass is 16.5. The highest BCUT2D eigenvalue weighted by molar-refractivity contribution is 5.32. The van der Waals surface area contributed by atoms with E-state index in [0.717, 1.165) is 37.4 Å². The van der Waals surface area contributed by atoms with E-state index in [2.05, 4.69) is 18.4 Å². The summed E-state index contributed by atoms with van der Waals surface area (Å²) in [5, 5.41) is 21.0. The molecule has 3 aliphatic heterocycles. The van der Waals surface area contributed by atoms with E-state index in [-0.39, 0.29) is 35.9 Å². The van der Waals surface area contributed by atoms with Crippen LogP contribution in [0.1, 0.15) is 51.9 Å². The number of ether oxygens (including phenoxy) is 1. The van der Waals surface area contributed by atoms with E-state index in [9.17, 15) is 10.2 Å². The average molecular weight is 360 g/mol. The van der Waals surface area contributed by atoms with Gasteiger partial charge in [-0.1, -0.05) is 19.9 Å². The molecule has 144 valence electrons. The van der Waals surface area contributed by atoms with Gasteiger partial charge in [0.1, 0.15) is 6.23 Å². The summed E-state index contributed by atoms with van der Waals surface area (Å²) in [5.41, 5.74) is 1.53. The van der Waals surface area contributed by atoms with Gasteiger partial charge in [0.05, 0.1) is 18.8 Å². The number of likely N-dealkylation sites (tertiary alicyclic amines) is 1. The van der Waals surface area contributed by atoms with Crippen LogP contribution >= 0.6 is 0 Å². The molecule has 0 amide bonds. The maximum absolute atomic E-state index is 11.3. The van der Waals surface area contributed by atoms with E-state index in [1.54, 1.807) is 0 Å². The van der Waals surface area contributed by atoms with Crippen LogP contribution in [-0.2, 0) is 4.74 Å². The van der Waals surface area contributed by atoms with Crippen LogP contribution < -0.4 is 0 Å². The van der Waals surface area contributed by atoms with Crippen LogP contribution in [0.25, 0.3) is 0 Å². The van der Waals surface area contributed by atoms with Crippen molar-refractivity contribution in [3.05, 3.63) is 12.2 Å². The Balaban J connectivity index is 1.53. The van der Waals surface area contributed by atoms with E-state index < -0.39 is 0 Å². The Morgan fingerprint density at radius 2 is 2.04 bits per heavy atom. The van der Waals surface area contributed by atoms with E-state index in [1.807, 2.05) is 0 Å². The quantitative estimate of drug-likeness (QED) is 0.744. The summed E-state index contributed by atoms with van der Waals surface area (Å²) in [7, 11) is 0. The summed E-state index contributed by atoms with van der Waals surface area (Å²) >= 11 is 0. The number of rotatable bonds is 2. The zero-order chi connectivity index (χ0) is 17.9. The second-order valence-electron chi connectivity index (χ2n) is 10.7. The zero-order valence-corrected chi connectivity index (χ0v) is 16.0. The summed E-state index contributed by atoms with van der Waals surface area (Å²) < 4.78 is 6.86. The normalized spacial score (nSPS) is 60.2. The molecule has 0 aromatic heterocycles. The molecule has 0 aromatic carbocycles. The van der Waals surface area contributed by atoms with Crippen LogP contribution in [0, 0.1) is 34.0 Å². The van der Waals surface area contributed by atoms with Gasteiger partial charge in [0.15, 0.2) is 0 Å². The van der Waals surface area contributed by atoms with Crippen molar-refractivity contribution in [2.24, 2.45) is 34.0 Å². The average Bonchev–Trinajstić information content (AvgIpc) is 2.63. The summed E-state index contributed by atoms with van der Waals surface area (Å²) in [6.07, 6.45) is 8.43. The highest BCUT2D eigenvalue weighted by Gasteiger charge is 2.78. The van der Waals surface area contributed by atoms with Crippen molar-refractivity contribution in [3.8, 4) is 0 Å². The van der Waals surface area contributed by atoms with Crippen molar-refractivity contribution in [3.63, 3.8) is 0 Å². The lowest BCUT2D eigenvalue weighted by atomic mass is 9.32. The van der Waals surface area contributed by atoms with Gasteiger partial charge < -0.3 is 14.9 Å². The van der Waals surface area contributed by atoms with Gasteiger partial charge in [-0.2, -0.15) is 0 Å². The molecule has 4 heteroatoms. The molecule has 8 rings (SSSR count). The van der Waals surface area contributed by atoms with Gasteiger partial charge >= 0.3 is 0 Å². The van der Waals surface area contributed by atoms with Crippen LogP contribution in [-0.4, -0.2) is 53.2 Å². The fraction of sp³-hybridized carbons (Fsp3) is 0.909. The fourth-order valence-electron chi connectivity index (χ4n) is 9.30. The minimum atomic E-state index is -0.373. The molecule has 0 radical (unpaired) electrons. The summed E-state index contributed by atoms with van der Waals surface area (Å²) in [4.78, 5) is 2.47. The Bertz CT molecular complexity index is 666. The lowest BCUT2D eigenvalue weighted by Crippen LogP contribution is -2.82. The fourth-order valence-corrected chi connectivity index (χ4v) is 9.30. The lowest BCUT2D eigenvalue weighted by molar-refractivity contribution is -0.405. The molecule has 8 aliphatic rings. The number of fused-ring (bicyclic) bond motifs is 2. The molecular weight excluding hydrogens is 326 g/mol. The lowest BCUT2D eigenvalue weighted by Gasteiger charge is -2.79. The first-order chi connectivity index (χ1) is 12.5. The first kappa shape index (κ1) is 16.5. The van der Waals surface area contributed by atoms with Gasteiger partial charge in [0.2, 0.25) is 0 Å². The molecule has 5 saturated carbocycles. The van der Waals surface area contributed by atoms with Crippen molar-refractivity contribution in [1.82, 2.24) is 4.90 Å². The third-order valence-corrected chi connectivity index (χ3v) is 10.1. The molecule has 26 heavy (non-hydrogen) atoms. The molecule has 0 unspecified atom stereocenters. The minimum absolute atomic E-state index is 0.0840.